The lowest BCUT2D eigenvalue weighted by Crippen LogP contribution is -2.22. The third-order valence-corrected chi connectivity index (χ3v) is 3.87. The van der Waals surface area contributed by atoms with Crippen LogP contribution in [0.4, 0.5) is 5.69 Å². The second-order valence-corrected chi connectivity index (χ2v) is 5.82. The number of esters is 1. The summed E-state index contributed by atoms with van der Waals surface area (Å²) >= 11 is 0. The van der Waals surface area contributed by atoms with Crippen molar-refractivity contribution < 1.29 is 14.3 Å². The summed E-state index contributed by atoms with van der Waals surface area (Å²) < 4.78 is 5.13. The summed E-state index contributed by atoms with van der Waals surface area (Å²) in [6, 6.07) is 15.0. The van der Waals surface area contributed by atoms with E-state index in [-0.39, 0.29) is 18.2 Å². The van der Waals surface area contributed by atoms with E-state index < -0.39 is 5.97 Å². The van der Waals surface area contributed by atoms with Crippen LogP contribution in [0.1, 0.15) is 21.6 Å². The van der Waals surface area contributed by atoms with E-state index in [1.54, 1.807) is 12.3 Å². The van der Waals surface area contributed by atoms with Crippen molar-refractivity contribution in [2.45, 2.75) is 13.8 Å². The number of aromatic nitrogens is 1. The molecule has 0 aliphatic rings. The molecule has 0 radical (unpaired) electrons. The Hall–Kier alpha value is -3.21. The molecule has 0 aliphatic carbocycles. The van der Waals surface area contributed by atoms with Crippen LogP contribution in [0.5, 0.6) is 0 Å². The Labute approximate surface area is 145 Å². The molecule has 3 rings (SSSR count). The van der Waals surface area contributed by atoms with E-state index in [1.807, 2.05) is 56.3 Å². The van der Waals surface area contributed by atoms with Gasteiger partial charge in [0, 0.05) is 17.3 Å². The zero-order valence-electron chi connectivity index (χ0n) is 14.1. The van der Waals surface area contributed by atoms with Gasteiger partial charge in [0.25, 0.3) is 5.91 Å². The first-order valence-electron chi connectivity index (χ1n) is 7.92. The van der Waals surface area contributed by atoms with E-state index in [1.165, 1.54) is 0 Å². The quantitative estimate of drug-likeness (QED) is 0.740. The zero-order valence-corrected chi connectivity index (χ0v) is 14.1. The highest BCUT2D eigenvalue weighted by molar-refractivity contribution is 6.03. The van der Waals surface area contributed by atoms with Gasteiger partial charge in [-0.15, -0.1) is 0 Å². The average molecular weight is 334 g/mol. The zero-order chi connectivity index (χ0) is 17.8. The number of amides is 1. The minimum atomic E-state index is -0.618. The maximum absolute atomic E-state index is 12.3. The fourth-order valence-electron chi connectivity index (χ4n) is 2.54. The second-order valence-electron chi connectivity index (χ2n) is 5.82. The Bertz CT molecular complexity index is 945. The third-order valence-electron chi connectivity index (χ3n) is 3.87. The van der Waals surface area contributed by atoms with E-state index >= 15 is 0 Å². The van der Waals surface area contributed by atoms with E-state index in [4.69, 9.17) is 4.74 Å². The summed E-state index contributed by atoms with van der Waals surface area (Å²) in [6.45, 7) is 3.49. The van der Waals surface area contributed by atoms with Crippen molar-refractivity contribution in [3.8, 4) is 0 Å². The largest absolute Gasteiger partial charge is 0.451 e. The molecule has 0 spiro atoms. The summed E-state index contributed by atoms with van der Waals surface area (Å²) in [7, 11) is 0. The van der Waals surface area contributed by atoms with Crippen molar-refractivity contribution in [3.63, 3.8) is 0 Å². The number of ether oxygens (including phenoxy) is 1. The molecular weight excluding hydrogens is 316 g/mol. The van der Waals surface area contributed by atoms with Gasteiger partial charge in [-0.2, -0.15) is 0 Å². The van der Waals surface area contributed by atoms with Crippen molar-refractivity contribution in [2.75, 3.05) is 11.9 Å². The Morgan fingerprint density at radius 1 is 1.08 bits per heavy atom. The second kappa shape index (κ2) is 7.13. The first-order chi connectivity index (χ1) is 12.0. The molecule has 1 heterocycles. The molecule has 1 amide bonds. The SMILES string of the molecule is Cc1ccc(C)c(NC(=O)COC(=O)c2nccc3ccccc23)c1. The first kappa shape index (κ1) is 16.6. The molecular formula is C20H18N2O3. The van der Waals surface area contributed by atoms with Gasteiger partial charge >= 0.3 is 5.97 Å². The molecule has 126 valence electrons. The predicted octanol–water partition coefficient (Wildman–Crippen LogP) is 3.65. The number of nitrogens with zero attached hydrogens (tertiary/aromatic N) is 1. The van der Waals surface area contributed by atoms with Crippen molar-refractivity contribution in [1.29, 1.82) is 0 Å². The monoisotopic (exact) mass is 334 g/mol. The van der Waals surface area contributed by atoms with E-state index in [2.05, 4.69) is 10.3 Å². The molecule has 0 fully saturated rings. The lowest BCUT2D eigenvalue weighted by molar-refractivity contribution is -0.119. The maximum atomic E-state index is 12.3. The molecule has 0 bridgehead atoms. The van der Waals surface area contributed by atoms with Gasteiger partial charge in [-0.05, 0) is 42.5 Å². The number of hydrogen-bond acceptors (Lipinski definition) is 4. The molecule has 0 saturated carbocycles. The topological polar surface area (TPSA) is 68.3 Å². The van der Waals surface area contributed by atoms with Crippen molar-refractivity contribution in [1.82, 2.24) is 4.98 Å². The summed E-state index contributed by atoms with van der Waals surface area (Å²) in [4.78, 5) is 28.4. The standard InChI is InChI=1S/C20H18N2O3/c1-13-7-8-14(2)17(11-13)22-18(23)12-25-20(24)19-16-6-4-3-5-15(16)9-10-21-19/h3-11H,12H2,1-2H3,(H,22,23). The van der Waals surface area contributed by atoms with Gasteiger partial charge in [0.1, 0.15) is 0 Å². The van der Waals surface area contributed by atoms with Crippen LogP contribution in [0.15, 0.2) is 54.7 Å². The van der Waals surface area contributed by atoms with Crippen LogP contribution in [0, 0.1) is 13.8 Å². The Balaban J connectivity index is 1.67. The Morgan fingerprint density at radius 2 is 1.88 bits per heavy atom. The lowest BCUT2D eigenvalue weighted by Gasteiger charge is -2.10. The Morgan fingerprint density at radius 3 is 2.72 bits per heavy atom. The third kappa shape index (κ3) is 3.83. The highest BCUT2D eigenvalue weighted by Gasteiger charge is 2.15. The van der Waals surface area contributed by atoms with Crippen molar-refractivity contribution in [3.05, 3.63) is 71.5 Å². The Kier molecular flexibility index (Phi) is 4.75. The number of nitrogens with one attached hydrogen (secondary N) is 1. The van der Waals surface area contributed by atoms with Crippen LogP contribution >= 0.6 is 0 Å². The van der Waals surface area contributed by atoms with Gasteiger partial charge in [-0.25, -0.2) is 9.78 Å². The van der Waals surface area contributed by atoms with Crippen molar-refractivity contribution in [2.24, 2.45) is 0 Å². The van der Waals surface area contributed by atoms with Gasteiger partial charge in [-0.1, -0.05) is 36.4 Å². The molecule has 5 nitrogen and oxygen atoms in total. The molecule has 5 heteroatoms. The molecule has 3 aromatic rings. The minimum Gasteiger partial charge on any atom is -0.451 e. The van der Waals surface area contributed by atoms with Gasteiger partial charge in [-0.3, -0.25) is 4.79 Å². The smallest absolute Gasteiger partial charge is 0.358 e. The minimum absolute atomic E-state index is 0.206. The van der Waals surface area contributed by atoms with Gasteiger partial charge in [0.15, 0.2) is 12.3 Å². The van der Waals surface area contributed by atoms with Crippen LogP contribution in [0.2, 0.25) is 0 Å². The fraction of sp³-hybridized carbons (Fsp3) is 0.150. The predicted molar refractivity (Wildman–Crippen MR) is 96.6 cm³/mol. The number of carbonyl (C=O) groups is 2. The maximum Gasteiger partial charge on any atom is 0.358 e. The lowest BCUT2D eigenvalue weighted by atomic mass is 10.1. The summed E-state index contributed by atoms with van der Waals surface area (Å²) in [6.07, 6.45) is 1.55. The molecule has 0 saturated heterocycles. The van der Waals surface area contributed by atoms with Crippen LogP contribution < -0.4 is 5.32 Å². The number of rotatable bonds is 4. The van der Waals surface area contributed by atoms with Crippen LogP contribution in [-0.4, -0.2) is 23.5 Å². The van der Waals surface area contributed by atoms with Crippen LogP contribution in [0.3, 0.4) is 0 Å². The number of fused-ring (bicyclic) bond motifs is 1. The van der Waals surface area contributed by atoms with E-state index in [9.17, 15) is 9.59 Å². The van der Waals surface area contributed by atoms with Gasteiger partial charge in [0.05, 0.1) is 0 Å². The van der Waals surface area contributed by atoms with Gasteiger partial charge < -0.3 is 10.1 Å². The van der Waals surface area contributed by atoms with E-state index in [0.717, 1.165) is 16.5 Å². The molecule has 25 heavy (non-hydrogen) atoms. The number of pyridine rings is 1. The highest BCUT2D eigenvalue weighted by atomic mass is 16.5. The normalized spacial score (nSPS) is 10.5. The molecule has 0 unspecified atom stereocenters. The summed E-state index contributed by atoms with van der Waals surface area (Å²) in [5, 5.41) is 4.35. The molecule has 2 aromatic carbocycles. The van der Waals surface area contributed by atoms with Gasteiger partial charge in [0.2, 0.25) is 0 Å². The number of benzene rings is 2. The summed E-state index contributed by atoms with van der Waals surface area (Å²) in [5.74, 6) is -1.00. The van der Waals surface area contributed by atoms with E-state index in [0.29, 0.717) is 11.1 Å². The molecule has 0 atom stereocenters. The van der Waals surface area contributed by atoms with Crippen molar-refractivity contribution >= 4 is 28.3 Å². The number of carbonyl (C=O) groups excluding carboxylic acids is 2. The summed E-state index contributed by atoms with van der Waals surface area (Å²) in [5.41, 5.74) is 2.90. The highest BCUT2D eigenvalue weighted by Crippen LogP contribution is 2.18. The molecule has 0 aliphatic heterocycles. The number of aryl methyl sites for hydroxylation is 2. The fourth-order valence-corrected chi connectivity index (χ4v) is 2.54. The molecule has 1 N–H and O–H groups in total. The average Bonchev–Trinajstić information content (AvgIpc) is 2.62. The van der Waals surface area contributed by atoms with Crippen LogP contribution in [0.25, 0.3) is 10.8 Å². The number of anilines is 1. The van der Waals surface area contributed by atoms with Crippen LogP contribution in [-0.2, 0) is 9.53 Å². The molecule has 1 aromatic heterocycles. The first-order valence-corrected chi connectivity index (χ1v) is 7.92. The number of hydrogen-bond donors (Lipinski definition) is 1.